The third kappa shape index (κ3) is 6.76. The largest absolute Gasteiger partial charge is 0.489 e. The molecule has 0 bridgehead atoms. The molecule has 6 rings (SSSR count). The highest BCUT2D eigenvalue weighted by molar-refractivity contribution is 7.88. The van der Waals surface area contributed by atoms with Gasteiger partial charge >= 0.3 is 0 Å². The number of anilines is 2. The third-order valence-corrected chi connectivity index (χ3v) is 9.33. The van der Waals surface area contributed by atoms with E-state index in [9.17, 15) is 13.2 Å². The Balaban J connectivity index is 1.34. The Morgan fingerprint density at radius 1 is 1.11 bits per heavy atom. The third-order valence-electron chi connectivity index (χ3n) is 8.02. The Kier molecular flexibility index (Phi) is 8.80. The van der Waals surface area contributed by atoms with E-state index in [-0.39, 0.29) is 30.7 Å². The van der Waals surface area contributed by atoms with Gasteiger partial charge in [0.1, 0.15) is 23.2 Å². The summed E-state index contributed by atoms with van der Waals surface area (Å²) in [5.74, 6) is 1.56. The molecular formula is C31H36N10O4S. The summed E-state index contributed by atoms with van der Waals surface area (Å²) in [5.41, 5.74) is 3.02. The summed E-state index contributed by atoms with van der Waals surface area (Å²) in [4.78, 5) is 32.4. The Bertz CT molecular complexity index is 2040. The zero-order chi connectivity index (χ0) is 32.4. The topological polar surface area (TPSA) is 162 Å². The molecule has 240 valence electrons. The molecule has 1 unspecified atom stereocenters. The Morgan fingerprint density at radius 2 is 1.91 bits per heavy atom. The smallest absolute Gasteiger partial charge is 0.260 e. The van der Waals surface area contributed by atoms with Gasteiger partial charge in [0.05, 0.1) is 11.8 Å². The first-order chi connectivity index (χ1) is 22.1. The average Bonchev–Trinajstić information content (AvgIpc) is 3.47. The van der Waals surface area contributed by atoms with Crippen molar-refractivity contribution in [1.82, 2.24) is 43.9 Å². The minimum absolute atomic E-state index is 0.0664. The Hall–Kier alpha value is -4.73. The van der Waals surface area contributed by atoms with Crippen LogP contribution in [-0.2, 0) is 23.6 Å². The van der Waals surface area contributed by atoms with Gasteiger partial charge in [-0.15, -0.1) is 0 Å². The molecule has 5 aromatic rings. The lowest BCUT2D eigenvalue weighted by Gasteiger charge is -2.24. The zero-order valence-corrected chi connectivity index (χ0v) is 27.0. The van der Waals surface area contributed by atoms with Gasteiger partial charge in [-0.2, -0.15) is 10.1 Å². The van der Waals surface area contributed by atoms with Crippen molar-refractivity contribution >= 4 is 32.7 Å². The second-order valence-corrected chi connectivity index (χ2v) is 13.4. The van der Waals surface area contributed by atoms with Crippen LogP contribution in [0.3, 0.4) is 0 Å². The van der Waals surface area contributed by atoms with Gasteiger partial charge in [-0.25, -0.2) is 27.7 Å². The van der Waals surface area contributed by atoms with Crippen molar-refractivity contribution in [3.8, 4) is 28.4 Å². The Morgan fingerprint density at radius 3 is 2.59 bits per heavy atom. The second-order valence-electron chi connectivity index (χ2n) is 11.3. The predicted molar refractivity (Wildman–Crippen MR) is 175 cm³/mol. The molecule has 0 saturated carbocycles. The molecule has 1 atom stereocenters. The molecule has 0 spiro atoms. The van der Waals surface area contributed by atoms with Crippen LogP contribution in [0.1, 0.15) is 18.5 Å². The van der Waals surface area contributed by atoms with E-state index < -0.39 is 10.0 Å². The summed E-state index contributed by atoms with van der Waals surface area (Å²) in [6.07, 6.45) is 8.31. The van der Waals surface area contributed by atoms with E-state index in [1.54, 1.807) is 36.4 Å². The molecule has 1 saturated heterocycles. The van der Waals surface area contributed by atoms with Gasteiger partial charge in [-0.3, -0.25) is 14.0 Å². The van der Waals surface area contributed by atoms with Crippen LogP contribution in [0.2, 0.25) is 0 Å². The van der Waals surface area contributed by atoms with Crippen molar-refractivity contribution in [2.24, 2.45) is 7.05 Å². The molecule has 15 heteroatoms. The van der Waals surface area contributed by atoms with E-state index in [0.29, 0.717) is 33.7 Å². The summed E-state index contributed by atoms with van der Waals surface area (Å²) in [5, 5.41) is 11.3. The number of aryl methyl sites for hydroxylation is 2. The molecule has 46 heavy (non-hydrogen) atoms. The number of aromatic nitrogens is 7. The van der Waals surface area contributed by atoms with E-state index in [1.165, 1.54) is 15.9 Å². The monoisotopic (exact) mass is 644 g/mol. The molecule has 0 amide bonds. The van der Waals surface area contributed by atoms with Gasteiger partial charge in [0, 0.05) is 74.7 Å². The van der Waals surface area contributed by atoms with Gasteiger partial charge in [-0.1, -0.05) is 0 Å². The van der Waals surface area contributed by atoms with E-state index in [4.69, 9.17) is 9.72 Å². The molecule has 0 radical (unpaired) electrons. The number of benzene rings is 1. The molecule has 1 fully saturated rings. The van der Waals surface area contributed by atoms with Crippen LogP contribution in [0.25, 0.3) is 33.7 Å². The van der Waals surface area contributed by atoms with Gasteiger partial charge in [-0.05, 0) is 62.7 Å². The fourth-order valence-corrected chi connectivity index (χ4v) is 5.75. The highest BCUT2D eigenvalue weighted by Gasteiger charge is 2.19. The van der Waals surface area contributed by atoms with Crippen LogP contribution < -0.4 is 20.9 Å². The van der Waals surface area contributed by atoms with E-state index in [2.05, 4.69) is 30.7 Å². The summed E-state index contributed by atoms with van der Waals surface area (Å²) in [6.45, 7) is 3.80. The number of likely N-dealkylation sites (N-methyl/N-ethyl adjacent to an activating group) is 1. The first kappa shape index (κ1) is 31.3. The molecular weight excluding hydrogens is 608 g/mol. The minimum Gasteiger partial charge on any atom is -0.489 e. The zero-order valence-electron chi connectivity index (χ0n) is 26.1. The summed E-state index contributed by atoms with van der Waals surface area (Å²) < 4.78 is 34.7. The number of fused-ring (bicyclic) bond motifs is 1. The number of hydrogen-bond acceptors (Lipinski definition) is 11. The highest BCUT2D eigenvalue weighted by atomic mass is 32.2. The van der Waals surface area contributed by atoms with Crippen molar-refractivity contribution in [1.29, 1.82) is 0 Å². The van der Waals surface area contributed by atoms with Crippen LogP contribution in [0.15, 0.2) is 59.8 Å². The van der Waals surface area contributed by atoms with Gasteiger partial charge in [0.25, 0.3) is 5.56 Å². The maximum absolute atomic E-state index is 14.1. The molecule has 2 N–H and O–H groups in total. The van der Waals surface area contributed by atoms with Crippen molar-refractivity contribution in [3.05, 3.63) is 71.0 Å². The number of nitrogens with zero attached hydrogens (tertiary/aromatic N) is 8. The van der Waals surface area contributed by atoms with Crippen molar-refractivity contribution in [2.45, 2.75) is 32.4 Å². The van der Waals surface area contributed by atoms with E-state index >= 15 is 0 Å². The van der Waals surface area contributed by atoms with Crippen LogP contribution in [-0.4, -0.2) is 86.0 Å². The van der Waals surface area contributed by atoms with E-state index in [1.807, 2.05) is 37.3 Å². The molecule has 1 aromatic carbocycles. The quantitative estimate of drug-likeness (QED) is 0.230. The maximum Gasteiger partial charge on any atom is 0.260 e. The van der Waals surface area contributed by atoms with Crippen molar-refractivity contribution in [3.63, 3.8) is 0 Å². The molecule has 14 nitrogen and oxygen atoms in total. The molecule has 1 aliphatic heterocycles. The summed E-state index contributed by atoms with van der Waals surface area (Å²) in [7, 11) is -0.188. The second kappa shape index (κ2) is 12.9. The first-order valence-corrected chi connectivity index (χ1v) is 16.8. The van der Waals surface area contributed by atoms with Crippen molar-refractivity contribution in [2.75, 3.05) is 38.3 Å². The number of pyridine rings is 1. The van der Waals surface area contributed by atoms with Crippen LogP contribution in [0.5, 0.6) is 5.75 Å². The minimum atomic E-state index is -3.47. The average molecular weight is 645 g/mol. The standard InChI is InChI=1S/C31H36N10O4S/c1-20-26(19-33-28(36-20)27-11-13-35-40(27)3)25-16-21-17-34-31(38-29(21)41(30(25)42)15-14-39(2)46(4,43)44)37-22-7-9-23(10-8-22)45-24-6-5-12-32-18-24/h7-11,13,16-17,19,24,32H,5-6,12,14-15,18H2,1-4H3,(H,34,37,38). The number of nitrogens with one attached hydrogen (secondary N) is 2. The van der Waals surface area contributed by atoms with Crippen LogP contribution in [0, 0.1) is 6.92 Å². The lowest BCUT2D eigenvalue weighted by atomic mass is 10.1. The molecule has 5 heterocycles. The van der Waals surface area contributed by atoms with E-state index in [0.717, 1.165) is 49.3 Å². The fourth-order valence-electron chi connectivity index (χ4n) is 5.33. The van der Waals surface area contributed by atoms with Gasteiger partial charge in [0.15, 0.2) is 5.82 Å². The fraction of sp³-hybridized carbons (Fsp3) is 0.355. The number of rotatable bonds is 10. The number of ether oxygens (including phenoxy) is 1. The molecule has 1 aliphatic rings. The lowest BCUT2D eigenvalue weighted by molar-refractivity contribution is 0.167. The lowest BCUT2D eigenvalue weighted by Crippen LogP contribution is -2.37. The highest BCUT2D eigenvalue weighted by Crippen LogP contribution is 2.26. The van der Waals surface area contributed by atoms with Crippen LogP contribution >= 0.6 is 0 Å². The number of sulfonamides is 1. The molecule has 0 aliphatic carbocycles. The van der Waals surface area contributed by atoms with Gasteiger partial charge in [0.2, 0.25) is 16.0 Å². The normalized spacial score (nSPS) is 15.4. The summed E-state index contributed by atoms with van der Waals surface area (Å²) in [6, 6.07) is 11.1. The first-order valence-electron chi connectivity index (χ1n) is 15.0. The number of piperidine rings is 1. The SMILES string of the molecule is Cc1nc(-c2ccnn2C)ncc1-c1cc2cnc(Nc3ccc(OC4CCCNC4)cc3)nc2n(CCN(C)S(C)(=O)=O)c1=O. The maximum atomic E-state index is 14.1. The predicted octanol–water partition coefficient (Wildman–Crippen LogP) is 2.72. The number of hydrogen-bond donors (Lipinski definition) is 2. The van der Waals surface area contributed by atoms with Crippen molar-refractivity contribution < 1.29 is 13.2 Å². The summed E-state index contributed by atoms with van der Waals surface area (Å²) >= 11 is 0. The Labute approximate surface area is 266 Å². The van der Waals surface area contributed by atoms with Crippen LogP contribution in [0.4, 0.5) is 11.6 Å². The van der Waals surface area contributed by atoms with Gasteiger partial charge < -0.3 is 15.4 Å². The molecule has 4 aromatic heterocycles.